The zero-order chi connectivity index (χ0) is 9.68. The van der Waals surface area contributed by atoms with E-state index < -0.39 is 0 Å². The number of nitrogen functional groups attached to an aromatic ring is 1. The molecule has 0 saturated carbocycles. The van der Waals surface area contributed by atoms with E-state index in [-0.39, 0.29) is 0 Å². The Kier molecular flexibility index (Phi) is 3.52. The number of nitrogens with zero attached hydrogens (tertiary/aromatic N) is 1. The molecule has 3 N–H and O–H groups in total. The van der Waals surface area contributed by atoms with E-state index in [1.54, 1.807) is 18.3 Å². The molecule has 4 nitrogen and oxygen atoms in total. The molecule has 1 rings (SSSR count). The Morgan fingerprint density at radius 2 is 2.46 bits per heavy atom. The molecule has 72 valence electrons. The Morgan fingerprint density at radius 3 is 3.08 bits per heavy atom. The topological polar surface area (TPSA) is 60.2 Å². The van der Waals surface area contributed by atoms with E-state index in [1.807, 2.05) is 14.0 Å². The molecule has 0 aliphatic carbocycles. The normalized spacial score (nSPS) is 12.5. The lowest BCUT2D eigenvalue weighted by Crippen LogP contribution is -2.28. The Bertz CT molecular complexity index is 265. The molecular weight excluding hydrogens is 166 g/mol. The second-order valence-electron chi connectivity index (χ2n) is 2.92. The van der Waals surface area contributed by atoms with Gasteiger partial charge in [-0.1, -0.05) is 0 Å². The van der Waals surface area contributed by atoms with Gasteiger partial charge in [0.05, 0.1) is 0 Å². The molecule has 1 unspecified atom stereocenters. The van der Waals surface area contributed by atoms with Crippen molar-refractivity contribution in [2.24, 2.45) is 0 Å². The summed E-state index contributed by atoms with van der Waals surface area (Å²) in [5, 5.41) is 3.08. The lowest BCUT2D eigenvalue weighted by molar-refractivity contribution is 0.280. The number of nitrogens with one attached hydrogen (secondary N) is 1. The van der Waals surface area contributed by atoms with Gasteiger partial charge < -0.3 is 15.8 Å². The predicted octanol–water partition coefficient (Wildman–Crippen LogP) is 0.650. The van der Waals surface area contributed by atoms with Gasteiger partial charge in [0.2, 0.25) is 0 Å². The zero-order valence-electron chi connectivity index (χ0n) is 7.95. The average Bonchev–Trinajstić information content (AvgIpc) is 2.14. The molecule has 1 aromatic heterocycles. The number of likely N-dealkylation sites (N-methyl/N-ethyl adjacent to an activating group) is 1. The number of pyridine rings is 1. The van der Waals surface area contributed by atoms with E-state index in [1.165, 1.54) is 0 Å². The first-order valence-electron chi connectivity index (χ1n) is 4.24. The van der Waals surface area contributed by atoms with Gasteiger partial charge in [0.1, 0.15) is 18.2 Å². The van der Waals surface area contributed by atoms with Crippen molar-refractivity contribution in [3.05, 3.63) is 18.3 Å². The van der Waals surface area contributed by atoms with E-state index in [0.717, 1.165) is 5.75 Å². The van der Waals surface area contributed by atoms with Gasteiger partial charge in [0, 0.05) is 18.3 Å². The van der Waals surface area contributed by atoms with Crippen LogP contribution in [-0.4, -0.2) is 24.7 Å². The van der Waals surface area contributed by atoms with Crippen LogP contribution in [0, 0.1) is 0 Å². The Labute approximate surface area is 78.1 Å². The maximum absolute atomic E-state index is 5.49. The van der Waals surface area contributed by atoms with Crippen molar-refractivity contribution in [1.82, 2.24) is 10.3 Å². The van der Waals surface area contributed by atoms with Crippen molar-refractivity contribution in [1.29, 1.82) is 0 Å². The van der Waals surface area contributed by atoms with Crippen LogP contribution in [0.25, 0.3) is 0 Å². The molecule has 0 spiro atoms. The molecule has 0 aliphatic heterocycles. The molecule has 4 heteroatoms. The second kappa shape index (κ2) is 4.67. The monoisotopic (exact) mass is 181 g/mol. The molecule has 1 heterocycles. The van der Waals surface area contributed by atoms with E-state index in [4.69, 9.17) is 10.5 Å². The maximum atomic E-state index is 5.49. The quantitative estimate of drug-likeness (QED) is 0.716. The fraction of sp³-hybridized carbons (Fsp3) is 0.444. The fourth-order valence-electron chi connectivity index (χ4n) is 0.822. The van der Waals surface area contributed by atoms with Crippen LogP contribution in [0.2, 0.25) is 0 Å². The van der Waals surface area contributed by atoms with Crippen molar-refractivity contribution in [2.45, 2.75) is 13.0 Å². The van der Waals surface area contributed by atoms with Gasteiger partial charge in [-0.2, -0.15) is 0 Å². The molecule has 1 aromatic rings. The van der Waals surface area contributed by atoms with Gasteiger partial charge >= 0.3 is 0 Å². The minimum atomic E-state index is 0.328. The standard InChI is InChI=1S/C9H15N3O/c1-7(11-2)6-13-8-3-4-12-9(10)5-8/h3-5,7,11H,6H2,1-2H3,(H2,10,12). The summed E-state index contributed by atoms with van der Waals surface area (Å²) in [6, 6.07) is 3.83. The zero-order valence-corrected chi connectivity index (χ0v) is 7.95. The molecule has 0 aliphatic rings. The summed E-state index contributed by atoms with van der Waals surface area (Å²) in [6.45, 7) is 2.67. The number of rotatable bonds is 4. The summed E-state index contributed by atoms with van der Waals surface area (Å²) in [5.41, 5.74) is 5.49. The van der Waals surface area contributed by atoms with E-state index in [0.29, 0.717) is 18.5 Å². The van der Waals surface area contributed by atoms with Crippen LogP contribution in [-0.2, 0) is 0 Å². The first-order chi connectivity index (χ1) is 6.22. The van der Waals surface area contributed by atoms with Crippen molar-refractivity contribution < 1.29 is 4.74 Å². The predicted molar refractivity (Wildman–Crippen MR) is 52.7 cm³/mol. The number of nitrogens with two attached hydrogens (primary N) is 1. The molecular formula is C9H15N3O. The van der Waals surface area contributed by atoms with Crippen molar-refractivity contribution in [3.63, 3.8) is 0 Å². The summed E-state index contributed by atoms with van der Waals surface area (Å²) in [6.07, 6.45) is 1.63. The molecule has 0 bridgehead atoms. The third-order valence-corrected chi connectivity index (χ3v) is 1.75. The van der Waals surface area contributed by atoms with Crippen LogP contribution < -0.4 is 15.8 Å². The highest BCUT2D eigenvalue weighted by molar-refractivity contribution is 5.35. The summed E-state index contributed by atoms with van der Waals surface area (Å²) >= 11 is 0. The van der Waals surface area contributed by atoms with Crippen LogP contribution in [0.1, 0.15) is 6.92 Å². The Balaban J connectivity index is 2.45. The van der Waals surface area contributed by atoms with Crippen molar-refractivity contribution in [2.75, 3.05) is 19.4 Å². The van der Waals surface area contributed by atoms with Crippen LogP contribution in [0.4, 0.5) is 5.82 Å². The third-order valence-electron chi connectivity index (χ3n) is 1.75. The van der Waals surface area contributed by atoms with Crippen LogP contribution in [0.15, 0.2) is 18.3 Å². The number of hydrogen-bond donors (Lipinski definition) is 2. The van der Waals surface area contributed by atoms with Crippen molar-refractivity contribution >= 4 is 5.82 Å². The largest absolute Gasteiger partial charge is 0.492 e. The number of aromatic nitrogens is 1. The van der Waals surface area contributed by atoms with E-state index in [2.05, 4.69) is 10.3 Å². The summed E-state index contributed by atoms with van der Waals surface area (Å²) in [4.78, 5) is 3.87. The lowest BCUT2D eigenvalue weighted by Gasteiger charge is -2.11. The molecule has 0 radical (unpaired) electrons. The van der Waals surface area contributed by atoms with Gasteiger partial charge in [-0.05, 0) is 20.0 Å². The molecule has 13 heavy (non-hydrogen) atoms. The highest BCUT2D eigenvalue weighted by Crippen LogP contribution is 2.11. The van der Waals surface area contributed by atoms with Gasteiger partial charge in [-0.3, -0.25) is 0 Å². The minimum Gasteiger partial charge on any atom is -0.492 e. The van der Waals surface area contributed by atoms with E-state index >= 15 is 0 Å². The van der Waals surface area contributed by atoms with Crippen LogP contribution >= 0.6 is 0 Å². The third kappa shape index (κ3) is 3.29. The van der Waals surface area contributed by atoms with Crippen molar-refractivity contribution in [3.8, 4) is 5.75 Å². The number of anilines is 1. The van der Waals surface area contributed by atoms with Gasteiger partial charge in [0.25, 0.3) is 0 Å². The Morgan fingerprint density at radius 1 is 1.69 bits per heavy atom. The molecule has 0 fully saturated rings. The highest BCUT2D eigenvalue weighted by atomic mass is 16.5. The maximum Gasteiger partial charge on any atom is 0.126 e. The summed E-state index contributed by atoms with van der Waals surface area (Å²) in [7, 11) is 1.90. The molecule has 0 amide bonds. The minimum absolute atomic E-state index is 0.328. The highest BCUT2D eigenvalue weighted by Gasteiger charge is 1.99. The van der Waals surface area contributed by atoms with Gasteiger partial charge in [-0.25, -0.2) is 4.98 Å². The smallest absolute Gasteiger partial charge is 0.126 e. The van der Waals surface area contributed by atoms with Gasteiger partial charge in [-0.15, -0.1) is 0 Å². The Hall–Kier alpha value is -1.29. The summed E-state index contributed by atoms with van der Waals surface area (Å²) in [5.74, 6) is 1.24. The van der Waals surface area contributed by atoms with Crippen LogP contribution in [0.5, 0.6) is 5.75 Å². The molecule has 0 aromatic carbocycles. The number of hydrogen-bond acceptors (Lipinski definition) is 4. The van der Waals surface area contributed by atoms with Gasteiger partial charge in [0.15, 0.2) is 0 Å². The number of ether oxygens (including phenoxy) is 1. The first kappa shape index (κ1) is 9.80. The van der Waals surface area contributed by atoms with Crippen LogP contribution in [0.3, 0.4) is 0 Å². The summed E-state index contributed by atoms with van der Waals surface area (Å²) < 4.78 is 5.46. The molecule has 0 saturated heterocycles. The second-order valence-corrected chi connectivity index (χ2v) is 2.92. The fourth-order valence-corrected chi connectivity index (χ4v) is 0.822. The average molecular weight is 181 g/mol. The molecule has 1 atom stereocenters. The first-order valence-corrected chi connectivity index (χ1v) is 4.24. The van der Waals surface area contributed by atoms with E-state index in [9.17, 15) is 0 Å². The SMILES string of the molecule is CNC(C)COc1ccnc(N)c1. The lowest BCUT2D eigenvalue weighted by atomic mass is 10.3.